The van der Waals surface area contributed by atoms with Crippen molar-refractivity contribution in [3.63, 3.8) is 0 Å². The molecule has 0 heterocycles. The van der Waals surface area contributed by atoms with Crippen LogP contribution in [0.25, 0.3) is 0 Å². The number of aliphatic hydroxyl groups is 1. The van der Waals surface area contributed by atoms with Crippen molar-refractivity contribution in [2.45, 2.75) is 65.5 Å². The first-order chi connectivity index (χ1) is 7.15. The predicted molar refractivity (Wildman–Crippen MR) is 67.3 cm³/mol. The highest BCUT2D eigenvalue weighted by Crippen LogP contribution is 2.62. The van der Waals surface area contributed by atoms with E-state index in [1.807, 2.05) is 13.8 Å². The van der Waals surface area contributed by atoms with E-state index in [0.717, 1.165) is 5.92 Å². The molecule has 0 saturated heterocycles. The Morgan fingerprint density at radius 3 is 2.38 bits per heavy atom. The van der Waals surface area contributed by atoms with Gasteiger partial charge in [-0.2, -0.15) is 0 Å². The van der Waals surface area contributed by atoms with Gasteiger partial charge in [0.2, 0.25) is 0 Å². The average Bonchev–Trinajstić information content (AvgIpc) is 2.52. The molecule has 2 aliphatic carbocycles. The van der Waals surface area contributed by atoms with Gasteiger partial charge in [0.05, 0.1) is 5.60 Å². The van der Waals surface area contributed by atoms with Crippen molar-refractivity contribution in [1.82, 2.24) is 5.32 Å². The number of hydrogen-bond donors (Lipinski definition) is 2. The van der Waals surface area contributed by atoms with Gasteiger partial charge < -0.3 is 10.4 Å². The van der Waals surface area contributed by atoms with Crippen molar-refractivity contribution in [2.75, 3.05) is 6.54 Å². The fourth-order valence-electron chi connectivity index (χ4n) is 4.16. The zero-order chi connectivity index (χ0) is 12.2. The van der Waals surface area contributed by atoms with E-state index >= 15 is 0 Å². The molecule has 2 N–H and O–H groups in total. The summed E-state index contributed by atoms with van der Waals surface area (Å²) < 4.78 is 0. The van der Waals surface area contributed by atoms with Gasteiger partial charge in [-0.25, -0.2) is 0 Å². The van der Waals surface area contributed by atoms with E-state index in [1.165, 1.54) is 19.3 Å². The highest BCUT2D eigenvalue weighted by atomic mass is 16.3. The van der Waals surface area contributed by atoms with Gasteiger partial charge in [0.1, 0.15) is 0 Å². The molecule has 3 unspecified atom stereocenters. The first-order valence-electron chi connectivity index (χ1n) is 6.61. The summed E-state index contributed by atoms with van der Waals surface area (Å²) in [5.74, 6) is 0.872. The third-order valence-electron chi connectivity index (χ3n) is 5.01. The molecule has 0 aromatic rings. The lowest BCUT2D eigenvalue weighted by Crippen LogP contribution is -2.53. The van der Waals surface area contributed by atoms with E-state index in [2.05, 4.69) is 26.1 Å². The summed E-state index contributed by atoms with van der Waals surface area (Å²) in [5, 5.41) is 13.5. The van der Waals surface area contributed by atoms with Crippen LogP contribution in [0.15, 0.2) is 0 Å². The number of nitrogens with one attached hydrogen (secondary N) is 1. The van der Waals surface area contributed by atoms with Gasteiger partial charge in [0, 0.05) is 12.6 Å². The number of rotatable bonds is 3. The second-order valence-electron chi connectivity index (χ2n) is 7.54. The van der Waals surface area contributed by atoms with Gasteiger partial charge in [0.25, 0.3) is 0 Å². The summed E-state index contributed by atoms with van der Waals surface area (Å²) in [6.45, 7) is 11.7. The van der Waals surface area contributed by atoms with Crippen molar-refractivity contribution in [3.05, 3.63) is 0 Å². The maximum atomic E-state index is 9.84. The molecule has 0 aromatic carbocycles. The van der Waals surface area contributed by atoms with Gasteiger partial charge in [-0.15, -0.1) is 0 Å². The molecule has 2 aliphatic rings. The molecule has 2 nitrogen and oxygen atoms in total. The number of fused-ring (bicyclic) bond motifs is 2. The fraction of sp³-hybridized carbons (Fsp3) is 1.00. The molecule has 2 rings (SSSR count). The SMILES string of the molecule is CC(C)(O)CNC1C2(C)CCC(C2)C1(C)C. The van der Waals surface area contributed by atoms with Crippen LogP contribution in [-0.2, 0) is 0 Å². The monoisotopic (exact) mass is 225 g/mol. The average molecular weight is 225 g/mol. The minimum atomic E-state index is -0.603. The summed E-state index contributed by atoms with van der Waals surface area (Å²) in [4.78, 5) is 0. The Hall–Kier alpha value is -0.0800. The van der Waals surface area contributed by atoms with E-state index in [-0.39, 0.29) is 0 Å². The molecule has 0 aliphatic heterocycles. The van der Waals surface area contributed by atoms with Gasteiger partial charge >= 0.3 is 0 Å². The standard InChI is InChI=1S/C14H27NO/c1-12(2,16)9-15-11-13(3,4)10-6-7-14(11,5)8-10/h10-11,15-16H,6-9H2,1-5H3. The minimum absolute atomic E-state index is 0.387. The molecular formula is C14H27NO. The van der Waals surface area contributed by atoms with Gasteiger partial charge in [-0.05, 0) is 49.9 Å². The van der Waals surface area contributed by atoms with Gasteiger partial charge in [-0.3, -0.25) is 0 Å². The Labute approximate surface area is 99.8 Å². The van der Waals surface area contributed by atoms with Gasteiger partial charge in [0.15, 0.2) is 0 Å². The van der Waals surface area contributed by atoms with Crippen molar-refractivity contribution >= 4 is 0 Å². The third-order valence-corrected chi connectivity index (χ3v) is 5.01. The molecule has 0 aromatic heterocycles. The first-order valence-corrected chi connectivity index (χ1v) is 6.61. The van der Waals surface area contributed by atoms with Crippen LogP contribution >= 0.6 is 0 Å². The van der Waals surface area contributed by atoms with Crippen molar-refractivity contribution in [2.24, 2.45) is 16.7 Å². The molecule has 2 saturated carbocycles. The predicted octanol–water partition coefficient (Wildman–Crippen LogP) is 2.56. The van der Waals surface area contributed by atoms with Crippen molar-refractivity contribution in [3.8, 4) is 0 Å². The van der Waals surface area contributed by atoms with Crippen LogP contribution in [-0.4, -0.2) is 23.3 Å². The largest absolute Gasteiger partial charge is 0.389 e. The van der Waals surface area contributed by atoms with Gasteiger partial charge in [-0.1, -0.05) is 20.8 Å². The first kappa shape index (κ1) is 12.4. The summed E-state index contributed by atoms with van der Waals surface area (Å²) in [6.07, 6.45) is 4.11. The smallest absolute Gasteiger partial charge is 0.0715 e. The van der Waals surface area contributed by atoms with Crippen LogP contribution in [0.4, 0.5) is 0 Å². The molecule has 2 bridgehead atoms. The Kier molecular flexibility index (Phi) is 2.67. The zero-order valence-corrected chi connectivity index (χ0v) is 11.4. The van der Waals surface area contributed by atoms with Crippen LogP contribution in [0.5, 0.6) is 0 Å². The van der Waals surface area contributed by atoms with E-state index in [1.54, 1.807) is 0 Å². The van der Waals surface area contributed by atoms with Crippen LogP contribution in [0.1, 0.15) is 53.9 Å². The van der Waals surface area contributed by atoms with Crippen LogP contribution < -0.4 is 5.32 Å². The summed E-state index contributed by atoms with van der Waals surface area (Å²) >= 11 is 0. The molecule has 16 heavy (non-hydrogen) atoms. The molecule has 2 heteroatoms. The molecule has 0 radical (unpaired) electrons. The second kappa shape index (κ2) is 3.46. The molecule has 94 valence electrons. The fourth-order valence-corrected chi connectivity index (χ4v) is 4.16. The van der Waals surface area contributed by atoms with E-state index < -0.39 is 5.60 Å². The zero-order valence-electron chi connectivity index (χ0n) is 11.4. The number of hydrogen-bond acceptors (Lipinski definition) is 2. The molecule has 0 amide bonds. The molecule has 3 atom stereocenters. The van der Waals surface area contributed by atoms with Crippen LogP contribution in [0.3, 0.4) is 0 Å². The molecule has 2 fully saturated rings. The van der Waals surface area contributed by atoms with E-state index in [9.17, 15) is 5.11 Å². The molecular weight excluding hydrogens is 198 g/mol. The Morgan fingerprint density at radius 2 is 1.94 bits per heavy atom. The minimum Gasteiger partial charge on any atom is -0.389 e. The summed E-state index contributed by atoms with van der Waals surface area (Å²) in [5.41, 5.74) is 0.242. The Bertz CT molecular complexity index is 274. The van der Waals surface area contributed by atoms with Crippen molar-refractivity contribution < 1.29 is 5.11 Å². The highest BCUT2D eigenvalue weighted by Gasteiger charge is 2.59. The lowest BCUT2D eigenvalue weighted by atomic mass is 9.68. The quantitative estimate of drug-likeness (QED) is 0.773. The second-order valence-corrected chi connectivity index (χ2v) is 7.54. The summed E-state index contributed by atoms with van der Waals surface area (Å²) in [7, 11) is 0. The topological polar surface area (TPSA) is 32.3 Å². The summed E-state index contributed by atoms with van der Waals surface area (Å²) in [6, 6.07) is 0.560. The van der Waals surface area contributed by atoms with E-state index in [0.29, 0.717) is 23.4 Å². The van der Waals surface area contributed by atoms with Crippen LogP contribution in [0.2, 0.25) is 0 Å². The van der Waals surface area contributed by atoms with E-state index in [4.69, 9.17) is 0 Å². The maximum absolute atomic E-state index is 9.84. The highest BCUT2D eigenvalue weighted by molar-refractivity contribution is 5.12. The maximum Gasteiger partial charge on any atom is 0.0715 e. The third kappa shape index (κ3) is 1.91. The Balaban J connectivity index is 2.08. The lowest BCUT2D eigenvalue weighted by Gasteiger charge is -2.44. The Morgan fingerprint density at radius 1 is 1.31 bits per heavy atom. The molecule has 0 spiro atoms. The normalized spacial score (nSPS) is 41.6. The lowest BCUT2D eigenvalue weighted by molar-refractivity contribution is 0.0474. The van der Waals surface area contributed by atoms with Crippen LogP contribution in [0, 0.1) is 16.7 Å². The van der Waals surface area contributed by atoms with Crippen molar-refractivity contribution in [1.29, 1.82) is 0 Å².